The number of hydrogen-bond acceptors (Lipinski definition) is 3. The van der Waals surface area contributed by atoms with Gasteiger partial charge in [0.25, 0.3) is 5.56 Å². The van der Waals surface area contributed by atoms with Crippen molar-refractivity contribution in [2.75, 3.05) is 0 Å². The van der Waals surface area contributed by atoms with Crippen LogP contribution in [0.25, 0.3) is 0 Å². The smallest absolute Gasteiger partial charge is 0.268 e. The van der Waals surface area contributed by atoms with E-state index in [4.69, 9.17) is 0 Å². The van der Waals surface area contributed by atoms with Gasteiger partial charge in [0.05, 0.1) is 18.3 Å². The SMILES string of the molecule is CCC(CC)n1ccc(Cn2c(C)ncc(Br)c2=O)n1. The first-order valence-corrected chi connectivity index (χ1v) is 7.62. The van der Waals surface area contributed by atoms with Gasteiger partial charge < -0.3 is 0 Å². The predicted octanol–water partition coefficient (Wildman–Crippen LogP) is 2.92. The van der Waals surface area contributed by atoms with Gasteiger partial charge in [-0.15, -0.1) is 0 Å². The number of halogens is 1. The third kappa shape index (κ3) is 3.00. The molecule has 0 amide bonds. The molecule has 6 heteroatoms. The van der Waals surface area contributed by atoms with E-state index in [9.17, 15) is 4.79 Å². The van der Waals surface area contributed by atoms with Crippen LogP contribution in [0.1, 0.15) is 44.2 Å². The Bertz CT molecular complexity index is 643. The molecule has 0 N–H and O–H groups in total. The molecule has 2 aromatic heterocycles. The number of aromatic nitrogens is 4. The van der Waals surface area contributed by atoms with Crippen LogP contribution in [0, 0.1) is 6.92 Å². The summed E-state index contributed by atoms with van der Waals surface area (Å²) in [5.41, 5.74) is 0.802. The lowest BCUT2D eigenvalue weighted by Gasteiger charge is -2.12. The molecular formula is C14H19BrN4O. The quantitative estimate of drug-likeness (QED) is 0.842. The summed E-state index contributed by atoms with van der Waals surface area (Å²) in [6, 6.07) is 2.38. The maximum Gasteiger partial charge on any atom is 0.268 e. The minimum atomic E-state index is -0.0745. The lowest BCUT2D eigenvalue weighted by Crippen LogP contribution is -2.24. The van der Waals surface area contributed by atoms with Crippen LogP contribution < -0.4 is 5.56 Å². The molecule has 0 saturated heterocycles. The molecule has 2 aromatic rings. The summed E-state index contributed by atoms with van der Waals surface area (Å²) in [5, 5.41) is 4.57. The molecule has 0 aliphatic rings. The van der Waals surface area contributed by atoms with Crippen molar-refractivity contribution in [2.45, 2.75) is 46.2 Å². The summed E-state index contributed by atoms with van der Waals surface area (Å²) in [6.07, 6.45) is 5.62. The summed E-state index contributed by atoms with van der Waals surface area (Å²) in [4.78, 5) is 16.3. The molecular weight excluding hydrogens is 320 g/mol. The van der Waals surface area contributed by atoms with Gasteiger partial charge in [-0.3, -0.25) is 14.0 Å². The van der Waals surface area contributed by atoms with E-state index in [0.717, 1.165) is 18.5 Å². The second-order valence-corrected chi connectivity index (χ2v) is 5.66. The topological polar surface area (TPSA) is 52.7 Å². The van der Waals surface area contributed by atoms with E-state index in [1.807, 2.05) is 23.9 Å². The first kappa shape index (κ1) is 15.0. The largest absolute Gasteiger partial charge is 0.290 e. The molecule has 20 heavy (non-hydrogen) atoms. The Kier molecular flexibility index (Phi) is 4.75. The van der Waals surface area contributed by atoms with Gasteiger partial charge in [0, 0.05) is 12.4 Å². The zero-order valence-corrected chi connectivity index (χ0v) is 13.6. The maximum atomic E-state index is 12.1. The first-order chi connectivity index (χ1) is 9.56. The highest BCUT2D eigenvalue weighted by Crippen LogP contribution is 2.15. The van der Waals surface area contributed by atoms with Crippen molar-refractivity contribution in [3.8, 4) is 0 Å². The highest BCUT2D eigenvalue weighted by atomic mass is 79.9. The monoisotopic (exact) mass is 338 g/mol. The molecule has 0 aromatic carbocycles. The highest BCUT2D eigenvalue weighted by molar-refractivity contribution is 9.10. The van der Waals surface area contributed by atoms with Crippen LogP contribution in [0.15, 0.2) is 27.7 Å². The van der Waals surface area contributed by atoms with Crippen LogP contribution in [0.4, 0.5) is 0 Å². The Morgan fingerprint density at radius 1 is 1.35 bits per heavy atom. The summed E-state index contributed by atoms with van der Waals surface area (Å²) >= 11 is 3.22. The van der Waals surface area contributed by atoms with E-state index in [-0.39, 0.29) is 5.56 Å². The van der Waals surface area contributed by atoms with Crippen LogP contribution in [-0.2, 0) is 6.54 Å². The minimum Gasteiger partial charge on any atom is -0.290 e. The molecule has 0 atom stereocenters. The van der Waals surface area contributed by atoms with E-state index in [2.05, 4.69) is 39.9 Å². The highest BCUT2D eigenvalue weighted by Gasteiger charge is 2.11. The molecule has 0 aliphatic heterocycles. The molecule has 0 radical (unpaired) electrons. The molecule has 108 valence electrons. The molecule has 0 spiro atoms. The van der Waals surface area contributed by atoms with Crippen molar-refractivity contribution in [1.29, 1.82) is 0 Å². The minimum absolute atomic E-state index is 0.0745. The fourth-order valence-electron chi connectivity index (χ4n) is 2.23. The maximum absolute atomic E-state index is 12.1. The second-order valence-electron chi connectivity index (χ2n) is 4.80. The molecule has 0 saturated carbocycles. The van der Waals surface area contributed by atoms with Gasteiger partial charge in [-0.2, -0.15) is 5.10 Å². The third-order valence-corrected chi connectivity index (χ3v) is 4.05. The summed E-state index contributed by atoms with van der Waals surface area (Å²) in [7, 11) is 0. The number of rotatable bonds is 5. The van der Waals surface area contributed by atoms with Gasteiger partial charge >= 0.3 is 0 Å². The Labute approximate surface area is 126 Å². The van der Waals surface area contributed by atoms with E-state index < -0.39 is 0 Å². The van der Waals surface area contributed by atoms with Crippen molar-refractivity contribution >= 4 is 15.9 Å². The van der Waals surface area contributed by atoms with Gasteiger partial charge in [-0.05, 0) is 41.8 Å². The zero-order chi connectivity index (χ0) is 14.7. The van der Waals surface area contributed by atoms with Gasteiger partial charge in [-0.25, -0.2) is 4.98 Å². The molecule has 5 nitrogen and oxygen atoms in total. The van der Waals surface area contributed by atoms with Crippen LogP contribution in [-0.4, -0.2) is 19.3 Å². The van der Waals surface area contributed by atoms with Gasteiger partial charge in [0.2, 0.25) is 0 Å². The zero-order valence-electron chi connectivity index (χ0n) is 12.0. The van der Waals surface area contributed by atoms with Crippen LogP contribution >= 0.6 is 15.9 Å². The van der Waals surface area contributed by atoms with Crippen molar-refractivity contribution < 1.29 is 0 Å². The third-order valence-electron chi connectivity index (χ3n) is 3.51. The van der Waals surface area contributed by atoms with Crippen LogP contribution in [0.3, 0.4) is 0 Å². The van der Waals surface area contributed by atoms with Crippen molar-refractivity contribution in [3.63, 3.8) is 0 Å². The lowest BCUT2D eigenvalue weighted by molar-refractivity contribution is 0.424. The van der Waals surface area contributed by atoms with Crippen molar-refractivity contribution in [3.05, 3.63) is 44.8 Å². The summed E-state index contributed by atoms with van der Waals surface area (Å²) < 4.78 is 4.09. The van der Waals surface area contributed by atoms with E-state index >= 15 is 0 Å². The molecule has 0 unspecified atom stereocenters. The number of nitrogens with zero attached hydrogens (tertiary/aromatic N) is 4. The average molecular weight is 339 g/mol. The molecule has 2 heterocycles. The molecule has 0 aliphatic carbocycles. The number of aryl methyl sites for hydroxylation is 1. The first-order valence-electron chi connectivity index (χ1n) is 6.82. The van der Waals surface area contributed by atoms with Gasteiger partial charge in [0.1, 0.15) is 10.3 Å². The average Bonchev–Trinajstić information content (AvgIpc) is 2.89. The molecule has 0 fully saturated rings. The summed E-state index contributed by atoms with van der Waals surface area (Å²) in [6.45, 7) is 6.58. The fraction of sp³-hybridized carbons (Fsp3) is 0.500. The predicted molar refractivity (Wildman–Crippen MR) is 81.9 cm³/mol. The Hall–Kier alpha value is -1.43. The Balaban J connectivity index is 2.28. The van der Waals surface area contributed by atoms with E-state index in [0.29, 0.717) is 22.9 Å². The molecule has 2 rings (SSSR count). The van der Waals surface area contributed by atoms with Crippen LogP contribution in [0.5, 0.6) is 0 Å². The van der Waals surface area contributed by atoms with Crippen molar-refractivity contribution in [2.24, 2.45) is 0 Å². The summed E-state index contributed by atoms with van der Waals surface area (Å²) in [5.74, 6) is 0.690. The second kappa shape index (κ2) is 6.35. The lowest BCUT2D eigenvalue weighted by atomic mass is 10.2. The van der Waals surface area contributed by atoms with Crippen LogP contribution in [0.2, 0.25) is 0 Å². The van der Waals surface area contributed by atoms with E-state index in [1.54, 1.807) is 4.57 Å². The van der Waals surface area contributed by atoms with Gasteiger partial charge in [-0.1, -0.05) is 13.8 Å². The number of hydrogen-bond donors (Lipinski definition) is 0. The standard InChI is InChI=1S/C14H19BrN4O/c1-4-12(5-2)19-7-6-11(17-19)9-18-10(3)16-8-13(15)14(18)20/h6-8,12H,4-5,9H2,1-3H3. The van der Waals surface area contributed by atoms with Crippen molar-refractivity contribution in [1.82, 2.24) is 19.3 Å². The van der Waals surface area contributed by atoms with Gasteiger partial charge in [0.15, 0.2) is 0 Å². The molecule has 0 bridgehead atoms. The Morgan fingerprint density at radius 2 is 2.05 bits per heavy atom. The fourth-order valence-corrected chi connectivity index (χ4v) is 2.54. The Morgan fingerprint density at radius 3 is 2.70 bits per heavy atom. The van der Waals surface area contributed by atoms with E-state index in [1.165, 1.54) is 6.20 Å². The normalized spacial score (nSPS) is 11.2.